The van der Waals surface area contributed by atoms with E-state index in [9.17, 15) is 9.59 Å². The summed E-state index contributed by atoms with van der Waals surface area (Å²) in [6.45, 7) is -0.198. The number of nitrogens with two attached hydrogens (primary N) is 1. The van der Waals surface area contributed by atoms with Gasteiger partial charge < -0.3 is 15.8 Å². The number of hydrogen-bond donors (Lipinski definition) is 2. The molecule has 2 aromatic carbocycles. The van der Waals surface area contributed by atoms with E-state index in [1.54, 1.807) is 42.5 Å². The van der Waals surface area contributed by atoms with Crippen LogP contribution in [0.5, 0.6) is 5.75 Å². The van der Waals surface area contributed by atoms with Crippen LogP contribution in [0.15, 0.2) is 42.5 Å². The molecule has 0 radical (unpaired) electrons. The summed E-state index contributed by atoms with van der Waals surface area (Å²) in [6, 6.07) is 11.6. The quantitative estimate of drug-likeness (QED) is 0.838. The Bertz CT molecular complexity index is 698. The molecule has 7 heteroatoms. The van der Waals surface area contributed by atoms with Crippen LogP contribution in [0, 0.1) is 0 Å². The minimum Gasteiger partial charge on any atom is -0.484 e. The number of amides is 2. The van der Waals surface area contributed by atoms with Gasteiger partial charge in [0.2, 0.25) is 5.91 Å². The van der Waals surface area contributed by atoms with Crippen molar-refractivity contribution in [3.05, 3.63) is 58.1 Å². The normalized spacial score (nSPS) is 10.2. The SMILES string of the molecule is NC(=O)COc1ccc(NC(=O)Cc2c(Cl)cccc2Cl)cc1. The molecule has 0 aliphatic rings. The van der Waals surface area contributed by atoms with Crippen molar-refractivity contribution >= 4 is 40.7 Å². The topological polar surface area (TPSA) is 81.4 Å². The first kappa shape index (κ1) is 17.1. The van der Waals surface area contributed by atoms with Crippen molar-refractivity contribution in [2.75, 3.05) is 11.9 Å². The van der Waals surface area contributed by atoms with Gasteiger partial charge in [0.1, 0.15) is 5.75 Å². The fourth-order valence-electron chi connectivity index (χ4n) is 1.86. The lowest BCUT2D eigenvalue weighted by molar-refractivity contribution is -0.120. The van der Waals surface area contributed by atoms with Crippen molar-refractivity contribution in [3.63, 3.8) is 0 Å². The number of hydrogen-bond acceptors (Lipinski definition) is 3. The molecule has 0 aromatic heterocycles. The van der Waals surface area contributed by atoms with E-state index < -0.39 is 5.91 Å². The molecule has 0 unspecified atom stereocenters. The average molecular weight is 353 g/mol. The molecule has 23 heavy (non-hydrogen) atoms. The van der Waals surface area contributed by atoms with Crippen molar-refractivity contribution in [2.24, 2.45) is 5.73 Å². The second-order valence-corrected chi connectivity index (χ2v) is 5.52. The smallest absolute Gasteiger partial charge is 0.255 e. The van der Waals surface area contributed by atoms with Crippen LogP contribution in [0.3, 0.4) is 0 Å². The van der Waals surface area contributed by atoms with E-state index in [1.165, 1.54) is 0 Å². The molecular formula is C16H14Cl2N2O3. The number of carbonyl (C=O) groups is 2. The fourth-order valence-corrected chi connectivity index (χ4v) is 2.39. The zero-order chi connectivity index (χ0) is 16.8. The molecule has 0 bridgehead atoms. The van der Waals surface area contributed by atoms with Crippen LogP contribution in [-0.2, 0) is 16.0 Å². The Morgan fingerprint density at radius 2 is 1.65 bits per heavy atom. The molecule has 5 nitrogen and oxygen atoms in total. The third-order valence-corrected chi connectivity index (χ3v) is 3.63. The van der Waals surface area contributed by atoms with Gasteiger partial charge in [-0.05, 0) is 42.0 Å². The highest BCUT2D eigenvalue weighted by Crippen LogP contribution is 2.25. The highest BCUT2D eigenvalue weighted by Gasteiger charge is 2.11. The zero-order valence-corrected chi connectivity index (χ0v) is 13.5. The lowest BCUT2D eigenvalue weighted by Gasteiger charge is -2.09. The third-order valence-electron chi connectivity index (χ3n) is 2.92. The van der Waals surface area contributed by atoms with E-state index >= 15 is 0 Å². The van der Waals surface area contributed by atoms with Gasteiger partial charge in [0.25, 0.3) is 5.91 Å². The van der Waals surface area contributed by atoms with Crippen LogP contribution in [0.1, 0.15) is 5.56 Å². The molecule has 0 aliphatic carbocycles. The summed E-state index contributed by atoms with van der Waals surface area (Å²) in [7, 11) is 0. The number of ether oxygens (including phenoxy) is 1. The first-order valence-corrected chi connectivity index (χ1v) is 7.45. The van der Waals surface area contributed by atoms with Crippen molar-refractivity contribution in [1.29, 1.82) is 0 Å². The molecule has 3 N–H and O–H groups in total. The van der Waals surface area contributed by atoms with Crippen molar-refractivity contribution < 1.29 is 14.3 Å². The molecule has 0 saturated carbocycles. The molecule has 0 aliphatic heterocycles. The largest absolute Gasteiger partial charge is 0.484 e. The lowest BCUT2D eigenvalue weighted by atomic mass is 10.1. The molecule has 0 heterocycles. The zero-order valence-electron chi connectivity index (χ0n) is 12.0. The Balaban J connectivity index is 1.96. The predicted octanol–water partition coefficient (Wildman–Crippen LogP) is 3.04. The van der Waals surface area contributed by atoms with Crippen LogP contribution < -0.4 is 15.8 Å². The standard InChI is InChI=1S/C16H14Cl2N2O3/c17-13-2-1-3-14(18)12(13)8-16(22)20-10-4-6-11(7-5-10)23-9-15(19)21/h1-7H,8-9H2,(H2,19,21)(H,20,22). The molecule has 2 rings (SSSR count). The predicted molar refractivity (Wildman–Crippen MR) is 89.9 cm³/mol. The van der Waals surface area contributed by atoms with Gasteiger partial charge in [0.05, 0.1) is 6.42 Å². The van der Waals surface area contributed by atoms with Gasteiger partial charge in [-0.15, -0.1) is 0 Å². The van der Waals surface area contributed by atoms with E-state index in [2.05, 4.69) is 5.32 Å². The second-order valence-electron chi connectivity index (χ2n) is 4.70. The fraction of sp³-hybridized carbons (Fsp3) is 0.125. The minimum absolute atomic E-state index is 0.0679. The summed E-state index contributed by atoms with van der Waals surface area (Å²) in [4.78, 5) is 22.7. The average Bonchev–Trinajstić information content (AvgIpc) is 2.50. The molecular weight excluding hydrogens is 339 g/mol. The molecule has 120 valence electrons. The monoisotopic (exact) mass is 352 g/mol. The van der Waals surface area contributed by atoms with Crippen molar-refractivity contribution in [2.45, 2.75) is 6.42 Å². The summed E-state index contributed by atoms with van der Waals surface area (Å²) in [5.41, 5.74) is 6.16. The van der Waals surface area contributed by atoms with Gasteiger partial charge in [0, 0.05) is 15.7 Å². The molecule has 0 spiro atoms. The summed E-state index contributed by atoms with van der Waals surface area (Å²) in [5.74, 6) is -0.319. The second kappa shape index (κ2) is 7.85. The summed E-state index contributed by atoms with van der Waals surface area (Å²) >= 11 is 12.1. The molecule has 0 saturated heterocycles. The van der Waals surface area contributed by atoms with E-state index in [0.717, 1.165) is 0 Å². The van der Waals surface area contributed by atoms with Crippen LogP contribution in [-0.4, -0.2) is 18.4 Å². The maximum Gasteiger partial charge on any atom is 0.255 e. The molecule has 0 atom stereocenters. The number of halogens is 2. The number of carbonyl (C=O) groups excluding carboxylic acids is 2. The van der Waals surface area contributed by atoms with Crippen molar-refractivity contribution in [3.8, 4) is 5.75 Å². The van der Waals surface area contributed by atoms with Crippen LogP contribution >= 0.6 is 23.2 Å². The lowest BCUT2D eigenvalue weighted by Crippen LogP contribution is -2.20. The van der Waals surface area contributed by atoms with E-state index in [-0.39, 0.29) is 18.9 Å². The third kappa shape index (κ3) is 5.16. The Morgan fingerprint density at radius 1 is 1.04 bits per heavy atom. The van der Waals surface area contributed by atoms with Gasteiger partial charge in [-0.2, -0.15) is 0 Å². The Labute approximate surface area is 143 Å². The van der Waals surface area contributed by atoms with Gasteiger partial charge in [-0.3, -0.25) is 9.59 Å². The maximum atomic E-state index is 12.1. The number of nitrogens with one attached hydrogen (secondary N) is 1. The summed E-state index contributed by atoms with van der Waals surface area (Å²) in [5, 5.41) is 3.63. The molecule has 2 amide bonds. The number of anilines is 1. The highest BCUT2D eigenvalue weighted by molar-refractivity contribution is 6.36. The molecule has 0 fully saturated rings. The first-order valence-electron chi connectivity index (χ1n) is 6.69. The highest BCUT2D eigenvalue weighted by atomic mass is 35.5. The van der Waals surface area contributed by atoms with E-state index in [1.807, 2.05) is 0 Å². The van der Waals surface area contributed by atoms with Crippen molar-refractivity contribution in [1.82, 2.24) is 0 Å². The minimum atomic E-state index is -0.556. The summed E-state index contributed by atoms with van der Waals surface area (Å²) < 4.78 is 5.13. The van der Waals surface area contributed by atoms with Gasteiger partial charge >= 0.3 is 0 Å². The van der Waals surface area contributed by atoms with Gasteiger partial charge in [0.15, 0.2) is 6.61 Å². The summed E-state index contributed by atoms with van der Waals surface area (Å²) in [6.07, 6.45) is 0.0679. The Kier molecular flexibility index (Phi) is 5.84. The van der Waals surface area contributed by atoms with E-state index in [0.29, 0.717) is 27.0 Å². The van der Waals surface area contributed by atoms with Crippen LogP contribution in [0.4, 0.5) is 5.69 Å². The van der Waals surface area contributed by atoms with Crippen LogP contribution in [0.2, 0.25) is 10.0 Å². The van der Waals surface area contributed by atoms with Gasteiger partial charge in [-0.25, -0.2) is 0 Å². The molecule has 2 aromatic rings. The van der Waals surface area contributed by atoms with E-state index in [4.69, 9.17) is 33.7 Å². The number of benzene rings is 2. The Hall–Kier alpha value is -2.24. The Morgan fingerprint density at radius 3 is 2.22 bits per heavy atom. The maximum absolute atomic E-state index is 12.1. The number of rotatable bonds is 6. The van der Waals surface area contributed by atoms with Crippen LogP contribution in [0.25, 0.3) is 0 Å². The van der Waals surface area contributed by atoms with Gasteiger partial charge in [-0.1, -0.05) is 29.3 Å². The first-order chi connectivity index (χ1) is 11.0. The number of primary amides is 1.